The normalized spacial score (nSPS) is 12.0. The number of nitrogens with two attached hydrogens (primary N) is 1. The molecule has 0 amide bonds. The Morgan fingerprint density at radius 3 is 2.81 bits per heavy atom. The van der Waals surface area contributed by atoms with Gasteiger partial charge >= 0.3 is 0 Å². The van der Waals surface area contributed by atoms with E-state index in [-0.39, 0.29) is 11.5 Å². The van der Waals surface area contributed by atoms with E-state index in [9.17, 15) is 13.5 Å². The third-order valence-corrected chi connectivity index (χ3v) is 5.05. The number of fused-ring (bicyclic) bond motifs is 1. The lowest BCUT2D eigenvalue weighted by molar-refractivity contribution is 0.197. The molecule has 0 fully saturated rings. The Hall–Kier alpha value is -2.60. The zero-order chi connectivity index (χ0) is 19.4. The fraction of sp³-hybridized carbons (Fsp3) is 0.312. The minimum Gasteiger partial charge on any atom is -0.395 e. The number of nitrogens with zero attached hydrogens (tertiary/aromatic N) is 4. The lowest BCUT2D eigenvalue weighted by Crippen LogP contribution is -2.26. The van der Waals surface area contributed by atoms with Gasteiger partial charge in [-0.2, -0.15) is 0 Å². The van der Waals surface area contributed by atoms with Crippen molar-refractivity contribution in [2.75, 3.05) is 25.0 Å². The summed E-state index contributed by atoms with van der Waals surface area (Å²) < 4.78 is 23.5. The van der Waals surface area contributed by atoms with Gasteiger partial charge in [-0.3, -0.25) is 4.90 Å². The average Bonchev–Trinajstić information content (AvgIpc) is 3.11. The van der Waals surface area contributed by atoms with Gasteiger partial charge in [0.1, 0.15) is 11.8 Å². The maximum Gasteiger partial charge on any atom is 0.238 e. The fourth-order valence-corrected chi connectivity index (χ4v) is 3.25. The molecule has 1 aromatic carbocycles. The zero-order valence-electron chi connectivity index (χ0n) is 14.8. The summed E-state index contributed by atoms with van der Waals surface area (Å²) in [6.45, 7) is 3.77. The van der Waals surface area contributed by atoms with Gasteiger partial charge in [-0.25, -0.2) is 28.5 Å². The molecule has 2 aromatic heterocycles. The van der Waals surface area contributed by atoms with Crippen LogP contribution in [0.5, 0.6) is 0 Å². The van der Waals surface area contributed by atoms with Crippen molar-refractivity contribution in [2.45, 2.75) is 18.4 Å². The van der Waals surface area contributed by atoms with E-state index in [0.717, 1.165) is 12.1 Å². The molecule has 5 N–H and O–H groups in total. The minimum absolute atomic E-state index is 0.00568. The van der Waals surface area contributed by atoms with Crippen LogP contribution in [0.3, 0.4) is 0 Å². The summed E-state index contributed by atoms with van der Waals surface area (Å²) in [6, 6.07) is 4.64. The second-order valence-electron chi connectivity index (χ2n) is 5.90. The molecule has 2 heterocycles. The highest BCUT2D eigenvalue weighted by atomic mass is 32.2. The molecule has 0 bridgehead atoms. The summed E-state index contributed by atoms with van der Waals surface area (Å²) in [5.74, 6) is 0.468. The predicted octanol–water partition coefficient (Wildman–Crippen LogP) is 0.558. The van der Waals surface area contributed by atoms with Crippen molar-refractivity contribution in [1.29, 1.82) is 0 Å². The van der Waals surface area contributed by atoms with Crippen LogP contribution in [-0.2, 0) is 16.6 Å². The maximum atomic E-state index is 11.8. The highest BCUT2D eigenvalue weighted by Gasteiger charge is 2.15. The number of anilines is 2. The van der Waals surface area contributed by atoms with E-state index >= 15 is 0 Å². The van der Waals surface area contributed by atoms with Gasteiger partial charge in [0.15, 0.2) is 11.5 Å². The number of likely N-dealkylation sites (N-methyl/N-ethyl adjacent to an activating group) is 1. The highest BCUT2D eigenvalue weighted by Crippen LogP contribution is 2.27. The number of H-pyrrole nitrogens is 1. The Labute approximate surface area is 156 Å². The van der Waals surface area contributed by atoms with E-state index in [1.807, 2.05) is 11.8 Å². The molecule has 27 heavy (non-hydrogen) atoms. The van der Waals surface area contributed by atoms with Gasteiger partial charge in [0.2, 0.25) is 10.0 Å². The molecule has 3 rings (SSSR count). The predicted molar refractivity (Wildman–Crippen MR) is 101 cm³/mol. The lowest BCUT2D eigenvalue weighted by atomic mass is 10.1. The number of benzene rings is 1. The molecule has 0 saturated heterocycles. The van der Waals surface area contributed by atoms with Gasteiger partial charge < -0.3 is 15.4 Å². The second kappa shape index (κ2) is 7.96. The number of imidazole rings is 1. The van der Waals surface area contributed by atoms with Crippen molar-refractivity contribution >= 4 is 32.7 Å². The molecule has 0 aliphatic carbocycles. The molecule has 0 aliphatic heterocycles. The molecular weight excluding hydrogens is 370 g/mol. The van der Waals surface area contributed by atoms with E-state index < -0.39 is 10.0 Å². The quantitative estimate of drug-likeness (QED) is 0.435. The first-order valence-electron chi connectivity index (χ1n) is 8.32. The molecule has 0 spiro atoms. The number of primary sulfonamides is 1. The number of aliphatic hydroxyl groups is 1. The number of nitrogens with one attached hydrogen (secondary N) is 2. The second-order valence-corrected chi connectivity index (χ2v) is 7.47. The minimum atomic E-state index is -3.86. The molecule has 0 atom stereocenters. The van der Waals surface area contributed by atoms with Crippen molar-refractivity contribution in [1.82, 2.24) is 24.8 Å². The Morgan fingerprint density at radius 1 is 1.30 bits per heavy atom. The standard InChI is InChI=1S/C16H21N7O3S/c1-2-23(5-6-24)8-11-3-4-12(27(17,25)26)7-13(11)22-16-14-15(19-9-18-14)20-10-21-16/h3-4,7,9-10,24H,2,5-6,8H2,1H3,(H2,17,25,26)(H2,18,19,20,21,22). The molecule has 3 aromatic rings. The van der Waals surface area contributed by atoms with Gasteiger partial charge in [0.25, 0.3) is 0 Å². The van der Waals surface area contributed by atoms with Crippen molar-refractivity contribution in [2.24, 2.45) is 5.14 Å². The van der Waals surface area contributed by atoms with Crippen LogP contribution >= 0.6 is 0 Å². The number of aliphatic hydroxyl groups excluding tert-OH is 1. The highest BCUT2D eigenvalue weighted by molar-refractivity contribution is 7.89. The van der Waals surface area contributed by atoms with E-state index in [1.165, 1.54) is 24.8 Å². The lowest BCUT2D eigenvalue weighted by Gasteiger charge is -2.21. The molecule has 11 heteroatoms. The zero-order valence-corrected chi connectivity index (χ0v) is 15.6. The summed E-state index contributed by atoms with van der Waals surface area (Å²) in [5, 5.41) is 17.6. The average molecular weight is 391 g/mol. The molecule has 0 saturated carbocycles. The van der Waals surface area contributed by atoms with Crippen molar-refractivity contribution < 1.29 is 13.5 Å². The maximum absolute atomic E-state index is 11.8. The third kappa shape index (κ3) is 4.39. The molecule has 0 radical (unpaired) electrons. The number of aromatic amines is 1. The number of hydrogen-bond acceptors (Lipinski definition) is 8. The smallest absolute Gasteiger partial charge is 0.238 e. The van der Waals surface area contributed by atoms with E-state index in [4.69, 9.17) is 5.14 Å². The van der Waals surface area contributed by atoms with Crippen LogP contribution in [0.1, 0.15) is 12.5 Å². The first-order chi connectivity index (χ1) is 12.9. The summed E-state index contributed by atoms with van der Waals surface area (Å²) in [5.41, 5.74) is 2.48. The van der Waals surface area contributed by atoms with E-state index in [1.54, 1.807) is 6.07 Å². The van der Waals surface area contributed by atoms with Crippen LogP contribution in [0.4, 0.5) is 11.5 Å². The summed E-state index contributed by atoms with van der Waals surface area (Å²) in [7, 11) is -3.86. The molecule has 144 valence electrons. The summed E-state index contributed by atoms with van der Waals surface area (Å²) in [4.78, 5) is 17.4. The van der Waals surface area contributed by atoms with E-state index in [2.05, 4.69) is 25.3 Å². The Balaban J connectivity index is 2.03. The van der Waals surface area contributed by atoms with E-state index in [0.29, 0.717) is 35.8 Å². The van der Waals surface area contributed by atoms with Gasteiger partial charge in [0, 0.05) is 18.8 Å². The van der Waals surface area contributed by atoms with Crippen molar-refractivity contribution in [3.05, 3.63) is 36.4 Å². The van der Waals surface area contributed by atoms with Gasteiger partial charge in [-0.15, -0.1) is 0 Å². The molecule has 0 unspecified atom stereocenters. The number of hydrogen-bond donors (Lipinski definition) is 4. The topological polar surface area (TPSA) is 150 Å². The molecule has 10 nitrogen and oxygen atoms in total. The van der Waals surface area contributed by atoms with Crippen molar-refractivity contribution in [3.8, 4) is 0 Å². The Bertz CT molecular complexity index is 1040. The third-order valence-electron chi connectivity index (χ3n) is 4.14. The largest absolute Gasteiger partial charge is 0.395 e. The monoisotopic (exact) mass is 391 g/mol. The summed E-state index contributed by atoms with van der Waals surface area (Å²) >= 11 is 0. The Morgan fingerprint density at radius 2 is 2.11 bits per heavy atom. The van der Waals surface area contributed by atoms with Crippen molar-refractivity contribution in [3.63, 3.8) is 0 Å². The van der Waals surface area contributed by atoms with Crippen LogP contribution in [0.2, 0.25) is 0 Å². The van der Waals surface area contributed by atoms with Crippen LogP contribution in [0, 0.1) is 0 Å². The Kier molecular flexibility index (Phi) is 5.65. The van der Waals surface area contributed by atoms with Crippen LogP contribution in [0.15, 0.2) is 35.7 Å². The number of sulfonamides is 1. The molecule has 0 aliphatic rings. The first-order valence-corrected chi connectivity index (χ1v) is 9.87. The van der Waals surface area contributed by atoms with Gasteiger partial charge in [-0.1, -0.05) is 13.0 Å². The first kappa shape index (κ1) is 19.2. The van der Waals surface area contributed by atoms with Gasteiger partial charge in [0.05, 0.1) is 17.8 Å². The van der Waals surface area contributed by atoms with Crippen LogP contribution in [0.25, 0.3) is 11.2 Å². The van der Waals surface area contributed by atoms with Crippen LogP contribution in [-0.4, -0.2) is 58.1 Å². The van der Waals surface area contributed by atoms with Gasteiger partial charge in [-0.05, 0) is 24.2 Å². The SMILES string of the molecule is CCN(CCO)Cc1ccc(S(N)(=O)=O)cc1Nc1ncnc2nc[nH]c12. The fourth-order valence-electron chi connectivity index (χ4n) is 2.71. The van der Waals surface area contributed by atoms with Crippen LogP contribution < -0.4 is 10.5 Å². The molecular formula is C16H21N7O3S. The number of rotatable bonds is 8. The summed E-state index contributed by atoms with van der Waals surface area (Å²) in [6.07, 6.45) is 2.88. The number of aromatic nitrogens is 4.